The Kier molecular flexibility index (Phi) is 5.41. The summed E-state index contributed by atoms with van der Waals surface area (Å²) in [5, 5.41) is 9.76. The van der Waals surface area contributed by atoms with Gasteiger partial charge in [0.1, 0.15) is 5.84 Å². The number of hydrogen-bond donors (Lipinski definition) is 3. The minimum Gasteiger partial charge on any atom is -0.387 e. The Morgan fingerprint density at radius 2 is 2.38 bits per heavy atom. The van der Waals surface area contributed by atoms with E-state index in [0.29, 0.717) is 6.54 Å². The number of alkyl halides is 1. The third-order valence-electron chi connectivity index (χ3n) is 0.587. The van der Waals surface area contributed by atoms with Gasteiger partial charge in [-0.3, -0.25) is 5.41 Å². The van der Waals surface area contributed by atoms with Gasteiger partial charge in [0, 0.05) is 11.0 Å². The average molecular weight is 227 g/mol. The van der Waals surface area contributed by atoms with Crippen LogP contribution >= 0.6 is 22.6 Å². The van der Waals surface area contributed by atoms with Crippen LogP contribution in [0.3, 0.4) is 0 Å². The molecule has 0 unspecified atom stereocenters. The maximum Gasteiger partial charge on any atom is 0.105 e. The Labute approximate surface area is 62.7 Å². The van der Waals surface area contributed by atoms with E-state index in [9.17, 15) is 0 Å². The third kappa shape index (κ3) is 6.16. The molecule has 0 rings (SSSR count). The molecule has 0 aliphatic carbocycles. The van der Waals surface area contributed by atoms with E-state index in [1.54, 1.807) is 0 Å². The van der Waals surface area contributed by atoms with Gasteiger partial charge in [-0.1, -0.05) is 22.6 Å². The van der Waals surface area contributed by atoms with Crippen molar-refractivity contribution in [2.45, 2.75) is 0 Å². The second-order valence-electron chi connectivity index (χ2n) is 1.39. The van der Waals surface area contributed by atoms with Gasteiger partial charge >= 0.3 is 0 Å². The molecule has 0 saturated carbocycles. The molecule has 0 heterocycles. The van der Waals surface area contributed by atoms with Crippen LogP contribution in [-0.2, 0) is 0 Å². The van der Waals surface area contributed by atoms with Crippen molar-refractivity contribution in [3.8, 4) is 0 Å². The summed E-state index contributed by atoms with van der Waals surface area (Å²) in [6.07, 6.45) is 0. The van der Waals surface area contributed by atoms with Gasteiger partial charge < -0.3 is 11.1 Å². The molecule has 0 aromatic heterocycles. The van der Waals surface area contributed by atoms with Gasteiger partial charge in [-0.25, -0.2) is 0 Å². The highest BCUT2D eigenvalue weighted by molar-refractivity contribution is 14.1. The zero-order valence-electron chi connectivity index (χ0n) is 4.58. The molecule has 0 spiro atoms. The maximum absolute atomic E-state index is 6.79. The Morgan fingerprint density at radius 1 is 1.75 bits per heavy atom. The highest BCUT2D eigenvalue weighted by atomic mass is 127. The van der Waals surface area contributed by atoms with Gasteiger partial charge in [-0.2, -0.15) is 0 Å². The van der Waals surface area contributed by atoms with Crippen molar-refractivity contribution >= 4 is 28.4 Å². The highest BCUT2D eigenvalue weighted by Crippen LogP contribution is 1.74. The van der Waals surface area contributed by atoms with Crippen LogP contribution in [-0.4, -0.2) is 23.4 Å². The first-order valence-electron chi connectivity index (χ1n) is 2.37. The van der Waals surface area contributed by atoms with Gasteiger partial charge in [-0.05, 0) is 0 Å². The maximum atomic E-state index is 6.79. The van der Waals surface area contributed by atoms with Crippen LogP contribution in [0.15, 0.2) is 0 Å². The molecule has 0 aromatic carbocycles. The number of hydrogen-bond acceptors (Lipinski definition) is 2. The van der Waals surface area contributed by atoms with Crippen LogP contribution < -0.4 is 11.1 Å². The molecule has 8 heavy (non-hydrogen) atoms. The number of amidine groups is 1. The molecule has 0 saturated heterocycles. The Balaban J connectivity index is 2.82. The van der Waals surface area contributed by atoms with Crippen molar-refractivity contribution in [2.24, 2.45) is 5.73 Å². The Hall–Kier alpha value is 0.160. The van der Waals surface area contributed by atoms with E-state index < -0.39 is 0 Å². The fraction of sp³-hybridized carbons (Fsp3) is 0.750. The van der Waals surface area contributed by atoms with Crippen molar-refractivity contribution in [1.29, 1.82) is 5.41 Å². The predicted molar refractivity (Wildman–Crippen MR) is 43.7 cm³/mol. The van der Waals surface area contributed by atoms with Gasteiger partial charge in [0.25, 0.3) is 0 Å². The van der Waals surface area contributed by atoms with E-state index in [1.807, 2.05) is 0 Å². The molecule has 3 nitrogen and oxygen atoms in total. The third-order valence-corrected chi connectivity index (χ3v) is 1.13. The van der Waals surface area contributed by atoms with Gasteiger partial charge in [-0.15, -0.1) is 0 Å². The largest absolute Gasteiger partial charge is 0.387 e. The van der Waals surface area contributed by atoms with E-state index in [-0.39, 0.29) is 5.84 Å². The van der Waals surface area contributed by atoms with E-state index in [4.69, 9.17) is 11.1 Å². The lowest BCUT2D eigenvalue weighted by atomic mass is 10.6. The lowest BCUT2D eigenvalue weighted by molar-refractivity contribution is 0.825. The summed E-state index contributed by atoms with van der Waals surface area (Å²) in [7, 11) is 0. The smallest absolute Gasteiger partial charge is 0.105 e. The number of halogens is 1. The topological polar surface area (TPSA) is 61.9 Å². The van der Waals surface area contributed by atoms with E-state index in [0.717, 1.165) is 11.0 Å². The summed E-state index contributed by atoms with van der Waals surface area (Å²) in [6, 6.07) is 0. The molecule has 0 aromatic rings. The zero-order valence-corrected chi connectivity index (χ0v) is 6.73. The molecule has 0 fully saturated rings. The predicted octanol–water partition coefficient (Wildman–Crippen LogP) is -0.0530. The van der Waals surface area contributed by atoms with Crippen molar-refractivity contribution < 1.29 is 0 Å². The molecule has 0 aliphatic rings. The van der Waals surface area contributed by atoms with E-state index in [2.05, 4.69) is 27.9 Å². The van der Waals surface area contributed by atoms with Crippen molar-refractivity contribution in [3.05, 3.63) is 0 Å². The summed E-state index contributed by atoms with van der Waals surface area (Å²) in [4.78, 5) is 0. The van der Waals surface area contributed by atoms with Crippen LogP contribution in [0.5, 0.6) is 0 Å². The minimum atomic E-state index is 0.204. The summed E-state index contributed by atoms with van der Waals surface area (Å²) < 4.78 is 1.06. The lowest BCUT2D eigenvalue weighted by Crippen LogP contribution is -2.29. The molecule has 4 N–H and O–H groups in total. The molecule has 4 heteroatoms. The first-order chi connectivity index (χ1) is 3.77. The Bertz CT molecular complexity index is 73.7. The monoisotopic (exact) mass is 227 g/mol. The second kappa shape index (κ2) is 5.30. The molecular weight excluding hydrogens is 217 g/mol. The van der Waals surface area contributed by atoms with Crippen LogP contribution in [0.25, 0.3) is 0 Å². The summed E-state index contributed by atoms with van der Waals surface area (Å²) in [6.45, 7) is 1.45. The standard InChI is InChI=1S/C4H10IN3/c5-1-2-8-3-4(6)7/h8H,1-3H2,(H3,6,7). The highest BCUT2D eigenvalue weighted by Gasteiger charge is 1.84. The number of nitrogens with two attached hydrogens (primary N) is 1. The molecule has 0 atom stereocenters. The summed E-state index contributed by atoms with van der Waals surface area (Å²) in [5.41, 5.74) is 5.05. The lowest BCUT2D eigenvalue weighted by Gasteiger charge is -1.97. The molecule has 48 valence electrons. The number of rotatable bonds is 4. The van der Waals surface area contributed by atoms with Crippen LogP contribution in [0.2, 0.25) is 0 Å². The zero-order chi connectivity index (χ0) is 6.41. The Morgan fingerprint density at radius 3 is 2.75 bits per heavy atom. The van der Waals surface area contributed by atoms with E-state index >= 15 is 0 Å². The van der Waals surface area contributed by atoms with Crippen molar-refractivity contribution in [1.82, 2.24) is 5.32 Å². The van der Waals surface area contributed by atoms with Gasteiger partial charge in [0.05, 0.1) is 6.54 Å². The SMILES string of the molecule is N=C(N)CNCCI. The summed E-state index contributed by atoms with van der Waals surface area (Å²) >= 11 is 2.26. The average Bonchev–Trinajstić information content (AvgIpc) is 1.66. The molecule has 0 aliphatic heterocycles. The van der Waals surface area contributed by atoms with Gasteiger partial charge in [0.2, 0.25) is 0 Å². The second-order valence-corrected chi connectivity index (χ2v) is 2.47. The van der Waals surface area contributed by atoms with E-state index in [1.165, 1.54) is 0 Å². The molecule has 0 radical (unpaired) electrons. The van der Waals surface area contributed by atoms with Crippen molar-refractivity contribution in [2.75, 3.05) is 17.5 Å². The first-order valence-corrected chi connectivity index (χ1v) is 3.89. The van der Waals surface area contributed by atoms with Gasteiger partial charge in [0.15, 0.2) is 0 Å². The van der Waals surface area contributed by atoms with Crippen molar-refractivity contribution in [3.63, 3.8) is 0 Å². The minimum absolute atomic E-state index is 0.204. The molecule has 0 amide bonds. The van der Waals surface area contributed by atoms with Crippen LogP contribution in [0.4, 0.5) is 0 Å². The molecule has 0 bridgehead atoms. The molecular formula is C4H10IN3. The normalized spacial score (nSPS) is 9.12. The first kappa shape index (κ1) is 8.16. The quantitative estimate of drug-likeness (QED) is 0.207. The van der Waals surface area contributed by atoms with Crippen LogP contribution in [0, 0.1) is 5.41 Å². The fourth-order valence-electron chi connectivity index (χ4n) is 0.290. The van der Waals surface area contributed by atoms with Crippen LogP contribution in [0.1, 0.15) is 0 Å². The fourth-order valence-corrected chi connectivity index (χ4v) is 0.671. The summed E-state index contributed by atoms with van der Waals surface area (Å²) in [5.74, 6) is 0.204. The number of nitrogens with one attached hydrogen (secondary N) is 2.